The van der Waals surface area contributed by atoms with Gasteiger partial charge in [0.25, 0.3) is 11.8 Å². The molecule has 47 heavy (non-hydrogen) atoms. The number of rotatable bonds is 7. The maximum atomic E-state index is 13.6. The van der Waals surface area contributed by atoms with Crippen molar-refractivity contribution in [2.24, 2.45) is 11.8 Å². The van der Waals surface area contributed by atoms with Crippen molar-refractivity contribution in [3.8, 4) is 17.0 Å². The third kappa shape index (κ3) is 7.07. The standard InChI is InChI=1S/C35H46N6O5S/c1-21(2)45-32-29-27(16-28(31(42)38-47-6)36-30(29)41(37-32)26-10-8-7-9-11-26)22-12-14-23(15-13-22)33(43)39-17-24-19-40(20-25(24)18-39)34(44)46-35(3,4)5/h12-16,21,24-26H,7-11,17-20H2,1-6H3,(H,38,42). The van der Waals surface area contributed by atoms with Gasteiger partial charge < -0.3 is 19.3 Å². The normalized spacial score (nSPS) is 20.1. The number of benzene rings is 1. The van der Waals surface area contributed by atoms with E-state index in [1.54, 1.807) is 17.2 Å². The van der Waals surface area contributed by atoms with E-state index in [0.717, 1.165) is 42.2 Å². The van der Waals surface area contributed by atoms with Crippen LogP contribution in [0.4, 0.5) is 4.79 Å². The second-order valence-corrected chi connectivity index (χ2v) is 14.9. The van der Waals surface area contributed by atoms with Crippen molar-refractivity contribution < 1.29 is 23.9 Å². The lowest BCUT2D eigenvalue weighted by Gasteiger charge is -2.26. The van der Waals surface area contributed by atoms with E-state index in [1.807, 2.05) is 68.5 Å². The van der Waals surface area contributed by atoms with Crippen molar-refractivity contribution in [1.29, 1.82) is 0 Å². The molecule has 1 saturated carbocycles. The number of carbonyl (C=O) groups is 3. The summed E-state index contributed by atoms with van der Waals surface area (Å²) in [6.45, 7) is 12.0. The van der Waals surface area contributed by atoms with E-state index in [0.29, 0.717) is 49.0 Å². The van der Waals surface area contributed by atoms with Crippen LogP contribution in [-0.2, 0) is 4.74 Å². The second kappa shape index (κ2) is 13.4. The fourth-order valence-electron chi connectivity index (χ4n) is 7.09. The molecule has 3 amide bonds. The highest BCUT2D eigenvalue weighted by Gasteiger charge is 2.44. The number of pyridine rings is 1. The monoisotopic (exact) mass is 662 g/mol. The van der Waals surface area contributed by atoms with Crippen molar-refractivity contribution in [3.05, 3.63) is 41.6 Å². The molecule has 4 heterocycles. The van der Waals surface area contributed by atoms with E-state index in [4.69, 9.17) is 19.6 Å². The molecule has 2 saturated heterocycles. The molecule has 252 valence electrons. The average molecular weight is 663 g/mol. The first kappa shape index (κ1) is 33.1. The molecule has 12 heteroatoms. The molecule has 2 unspecified atom stereocenters. The summed E-state index contributed by atoms with van der Waals surface area (Å²) >= 11 is 1.23. The Balaban J connectivity index is 1.27. The quantitative estimate of drug-likeness (QED) is 0.292. The van der Waals surface area contributed by atoms with Crippen LogP contribution < -0.4 is 9.46 Å². The summed E-state index contributed by atoms with van der Waals surface area (Å²) in [4.78, 5) is 47.8. The molecular formula is C35H46N6O5S. The van der Waals surface area contributed by atoms with Crippen molar-refractivity contribution >= 4 is 40.9 Å². The van der Waals surface area contributed by atoms with Gasteiger partial charge in [-0.25, -0.2) is 14.5 Å². The third-order valence-corrected chi connectivity index (χ3v) is 9.58. The highest BCUT2D eigenvalue weighted by atomic mass is 32.2. The van der Waals surface area contributed by atoms with Crippen molar-refractivity contribution in [1.82, 2.24) is 29.3 Å². The summed E-state index contributed by atoms with van der Waals surface area (Å²) in [5, 5.41) is 5.72. The van der Waals surface area contributed by atoms with E-state index in [1.165, 1.54) is 18.4 Å². The number of ether oxygens (including phenoxy) is 2. The second-order valence-electron chi connectivity index (χ2n) is 14.3. The fraction of sp³-hybridized carbons (Fsp3) is 0.571. The topological polar surface area (TPSA) is 119 Å². The van der Waals surface area contributed by atoms with Crippen molar-refractivity contribution in [2.75, 3.05) is 32.4 Å². The number of hydrogen-bond donors (Lipinski definition) is 1. The van der Waals surface area contributed by atoms with Gasteiger partial charge in [-0.05, 0) is 71.2 Å². The Morgan fingerprint density at radius 2 is 1.60 bits per heavy atom. The third-order valence-electron chi connectivity index (χ3n) is 9.19. The molecule has 2 aliphatic heterocycles. The summed E-state index contributed by atoms with van der Waals surface area (Å²) in [5.41, 5.74) is 2.64. The largest absolute Gasteiger partial charge is 0.473 e. The lowest BCUT2D eigenvalue weighted by Crippen LogP contribution is -2.38. The number of nitrogens with one attached hydrogen (secondary N) is 1. The Morgan fingerprint density at radius 1 is 0.957 bits per heavy atom. The van der Waals surface area contributed by atoms with Crippen molar-refractivity contribution in [3.63, 3.8) is 0 Å². The van der Waals surface area contributed by atoms with Gasteiger partial charge in [-0.1, -0.05) is 43.3 Å². The van der Waals surface area contributed by atoms with E-state index < -0.39 is 5.60 Å². The number of aromatic nitrogens is 3. The molecule has 3 aliphatic rings. The van der Waals surface area contributed by atoms with E-state index in [2.05, 4.69) is 4.72 Å². The molecule has 2 atom stereocenters. The first-order valence-corrected chi connectivity index (χ1v) is 17.9. The molecule has 0 bridgehead atoms. The molecule has 3 fully saturated rings. The number of carbonyl (C=O) groups excluding carboxylic acids is 3. The average Bonchev–Trinajstić information content (AvgIpc) is 3.72. The summed E-state index contributed by atoms with van der Waals surface area (Å²) in [6, 6.07) is 9.53. The zero-order valence-corrected chi connectivity index (χ0v) is 29.1. The van der Waals surface area contributed by atoms with Gasteiger partial charge in [-0.3, -0.25) is 14.3 Å². The van der Waals surface area contributed by atoms with Gasteiger partial charge in [0.05, 0.1) is 17.5 Å². The van der Waals surface area contributed by atoms with Crippen LogP contribution in [0, 0.1) is 11.8 Å². The molecule has 11 nitrogen and oxygen atoms in total. The first-order chi connectivity index (χ1) is 22.4. The number of hydrogen-bond acceptors (Lipinski definition) is 8. The van der Waals surface area contributed by atoms with Gasteiger partial charge in [0, 0.05) is 55.4 Å². The minimum atomic E-state index is -0.535. The van der Waals surface area contributed by atoms with Gasteiger partial charge in [0.2, 0.25) is 5.88 Å². The maximum absolute atomic E-state index is 13.6. The maximum Gasteiger partial charge on any atom is 0.410 e. The smallest absolute Gasteiger partial charge is 0.410 e. The molecule has 6 rings (SSSR count). The minimum absolute atomic E-state index is 0.0244. The first-order valence-electron chi connectivity index (χ1n) is 16.7. The van der Waals surface area contributed by atoms with Gasteiger partial charge >= 0.3 is 6.09 Å². The molecule has 0 spiro atoms. The summed E-state index contributed by atoms with van der Waals surface area (Å²) in [7, 11) is 0. The number of nitrogens with zero attached hydrogens (tertiary/aromatic N) is 5. The highest BCUT2D eigenvalue weighted by Crippen LogP contribution is 2.40. The molecule has 3 aromatic rings. The van der Waals surface area contributed by atoms with E-state index in [9.17, 15) is 14.4 Å². The van der Waals surface area contributed by atoms with Crippen LogP contribution in [0.3, 0.4) is 0 Å². The lowest BCUT2D eigenvalue weighted by atomic mass is 9.95. The molecule has 1 aromatic carbocycles. The summed E-state index contributed by atoms with van der Waals surface area (Å²) in [6.07, 6.45) is 6.89. The number of fused-ring (bicyclic) bond motifs is 2. The van der Waals surface area contributed by atoms with Crippen LogP contribution >= 0.6 is 11.9 Å². The van der Waals surface area contributed by atoms with Gasteiger partial charge in [-0.15, -0.1) is 5.10 Å². The molecule has 0 radical (unpaired) electrons. The van der Waals surface area contributed by atoms with E-state index in [-0.39, 0.29) is 41.9 Å². The number of likely N-dealkylation sites (tertiary alicyclic amines) is 2. The van der Waals surface area contributed by atoms with Crippen LogP contribution in [0.25, 0.3) is 22.2 Å². The minimum Gasteiger partial charge on any atom is -0.473 e. The van der Waals surface area contributed by atoms with Crippen LogP contribution in [0.1, 0.15) is 93.6 Å². The van der Waals surface area contributed by atoms with Crippen LogP contribution in [0.15, 0.2) is 30.3 Å². The SMILES string of the molecule is CSNC(=O)c1cc(-c2ccc(C(=O)N3CC4CN(C(=O)OC(C)(C)C)CC4C3)cc2)c2c(OC(C)C)nn(C3CCCCC3)c2n1. The van der Waals surface area contributed by atoms with Crippen LogP contribution in [-0.4, -0.2) is 86.6 Å². The predicted molar refractivity (Wildman–Crippen MR) is 183 cm³/mol. The van der Waals surface area contributed by atoms with Gasteiger partial charge in [0.15, 0.2) is 5.65 Å². The van der Waals surface area contributed by atoms with Gasteiger partial charge in [-0.2, -0.15) is 0 Å². The zero-order chi connectivity index (χ0) is 33.5. The van der Waals surface area contributed by atoms with E-state index >= 15 is 0 Å². The summed E-state index contributed by atoms with van der Waals surface area (Å²) < 4.78 is 16.6. The fourth-order valence-corrected chi connectivity index (χ4v) is 7.38. The summed E-state index contributed by atoms with van der Waals surface area (Å²) in [5.74, 6) is 0.677. The lowest BCUT2D eigenvalue weighted by molar-refractivity contribution is 0.0275. The van der Waals surface area contributed by atoms with Crippen molar-refractivity contribution in [2.45, 2.75) is 84.5 Å². The molecule has 1 aliphatic carbocycles. The Labute approximate surface area is 280 Å². The number of amides is 3. The predicted octanol–water partition coefficient (Wildman–Crippen LogP) is 6.34. The Morgan fingerprint density at radius 3 is 2.19 bits per heavy atom. The van der Waals surface area contributed by atoms with Crippen LogP contribution in [0.2, 0.25) is 0 Å². The van der Waals surface area contributed by atoms with Crippen LogP contribution in [0.5, 0.6) is 5.88 Å². The molecule has 2 aromatic heterocycles. The van der Waals surface area contributed by atoms with Gasteiger partial charge in [0.1, 0.15) is 11.3 Å². The Kier molecular flexibility index (Phi) is 9.42. The Bertz CT molecular complexity index is 1630. The Hall–Kier alpha value is -3.80. The zero-order valence-electron chi connectivity index (χ0n) is 28.2. The molecular weight excluding hydrogens is 616 g/mol. The molecule has 1 N–H and O–H groups in total. The highest BCUT2D eigenvalue weighted by molar-refractivity contribution is 7.97.